The minimum absolute atomic E-state index is 0.471. The molecule has 1 amide bonds. The molecule has 0 bridgehead atoms. The molecule has 2 N–H and O–H groups in total. The molecular weight excluding hydrogens is 190 g/mol. The van der Waals surface area contributed by atoms with Crippen molar-refractivity contribution in [2.75, 3.05) is 5.32 Å². The lowest BCUT2D eigenvalue weighted by molar-refractivity contribution is 0.210. The van der Waals surface area contributed by atoms with Crippen LogP contribution in [0.1, 0.15) is 0 Å². The topological polar surface area (TPSA) is 75.1 Å². The number of amides is 1. The molecule has 2 aromatic rings. The van der Waals surface area contributed by atoms with E-state index in [9.17, 15) is 4.79 Å². The smallest absolute Gasteiger partial charge is 0.409 e. The van der Waals surface area contributed by atoms with E-state index in [2.05, 4.69) is 14.9 Å². The van der Waals surface area contributed by atoms with E-state index in [1.54, 1.807) is 12.1 Å². The minimum atomic E-state index is -1.10. The summed E-state index contributed by atoms with van der Waals surface area (Å²) in [5, 5.41) is 14.6. The maximum Gasteiger partial charge on any atom is 0.409 e. The molecule has 0 aliphatic carbocycles. The van der Waals surface area contributed by atoms with Crippen molar-refractivity contribution in [2.24, 2.45) is 0 Å². The average Bonchev–Trinajstić information content (AvgIpc) is 2.51. The summed E-state index contributed by atoms with van der Waals surface area (Å²) in [6, 6.07) is 5.25. The third-order valence-electron chi connectivity index (χ3n) is 1.52. The molecule has 1 aromatic heterocycles. The number of carbonyl (C=O) groups is 1. The summed E-state index contributed by atoms with van der Waals surface area (Å²) in [7, 11) is 0. The van der Waals surface area contributed by atoms with Gasteiger partial charge in [-0.2, -0.15) is 0 Å². The number of hydrogen-bond donors (Lipinski definition) is 2. The summed E-state index contributed by atoms with van der Waals surface area (Å²) in [4.78, 5) is 10.4. The molecule has 13 heavy (non-hydrogen) atoms. The number of fused-ring (bicyclic) bond motifs is 1. The van der Waals surface area contributed by atoms with E-state index in [0.717, 1.165) is 4.70 Å². The van der Waals surface area contributed by atoms with E-state index >= 15 is 0 Å². The predicted octanol–water partition coefficient (Wildman–Crippen LogP) is 1.78. The van der Waals surface area contributed by atoms with Crippen LogP contribution in [0.4, 0.5) is 10.5 Å². The van der Waals surface area contributed by atoms with Crippen LogP contribution in [0.3, 0.4) is 0 Å². The van der Waals surface area contributed by atoms with Crippen LogP contribution in [-0.4, -0.2) is 20.8 Å². The van der Waals surface area contributed by atoms with Crippen molar-refractivity contribution >= 4 is 33.5 Å². The second kappa shape index (κ2) is 2.98. The summed E-state index contributed by atoms with van der Waals surface area (Å²) in [6.07, 6.45) is -1.10. The molecule has 0 unspecified atom stereocenters. The zero-order valence-electron chi connectivity index (χ0n) is 6.39. The van der Waals surface area contributed by atoms with E-state index in [-0.39, 0.29) is 0 Å². The first-order valence-corrected chi connectivity index (χ1v) is 4.26. The van der Waals surface area contributed by atoms with Gasteiger partial charge in [0.05, 0.1) is 10.4 Å². The molecule has 0 saturated carbocycles. The van der Waals surface area contributed by atoms with Gasteiger partial charge in [-0.3, -0.25) is 5.32 Å². The highest BCUT2D eigenvalue weighted by Crippen LogP contribution is 2.22. The Labute approximate surface area is 77.2 Å². The number of aromatic nitrogens is 2. The summed E-state index contributed by atoms with van der Waals surface area (Å²) in [5.41, 5.74) is 1.06. The number of nitrogens with zero attached hydrogens (tertiary/aromatic N) is 2. The van der Waals surface area contributed by atoms with Gasteiger partial charge in [-0.25, -0.2) is 4.79 Å². The first-order chi connectivity index (χ1) is 6.27. The molecule has 0 radical (unpaired) electrons. The Morgan fingerprint density at radius 1 is 1.54 bits per heavy atom. The summed E-state index contributed by atoms with van der Waals surface area (Å²) >= 11 is 1.23. The number of nitrogens with one attached hydrogen (secondary N) is 1. The lowest BCUT2D eigenvalue weighted by atomic mass is 10.3. The van der Waals surface area contributed by atoms with Gasteiger partial charge in [-0.1, -0.05) is 10.6 Å². The van der Waals surface area contributed by atoms with Crippen LogP contribution in [0.25, 0.3) is 10.2 Å². The SMILES string of the molecule is O=C(O)Nc1cccc2snnc12. The third-order valence-corrected chi connectivity index (χ3v) is 2.21. The number of carboxylic acid groups (broad SMARTS) is 1. The molecule has 0 atom stereocenters. The molecule has 0 fully saturated rings. The van der Waals surface area contributed by atoms with Crippen molar-refractivity contribution < 1.29 is 9.90 Å². The van der Waals surface area contributed by atoms with Crippen molar-refractivity contribution in [3.8, 4) is 0 Å². The first-order valence-electron chi connectivity index (χ1n) is 3.48. The third kappa shape index (κ3) is 1.43. The largest absolute Gasteiger partial charge is 0.465 e. The van der Waals surface area contributed by atoms with Crippen molar-refractivity contribution in [3.05, 3.63) is 18.2 Å². The maximum absolute atomic E-state index is 10.4. The average molecular weight is 195 g/mol. The van der Waals surface area contributed by atoms with Gasteiger partial charge >= 0.3 is 6.09 Å². The quantitative estimate of drug-likeness (QED) is 0.727. The van der Waals surface area contributed by atoms with E-state index in [0.29, 0.717) is 11.2 Å². The number of benzene rings is 1. The van der Waals surface area contributed by atoms with Crippen LogP contribution >= 0.6 is 11.5 Å². The fourth-order valence-electron chi connectivity index (χ4n) is 1.02. The van der Waals surface area contributed by atoms with Gasteiger partial charge in [-0.15, -0.1) is 5.10 Å². The normalized spacial score (nSPS) is 10.2. The van der Waals surface area contributed by atoms with E-state index in [1.807, 2.05) is 6.07 Å². The van der Waals surface area contributed by atoms with Crippen LogP contribution in [0.2, 0.25) is 0 Å². The van der Waals surface area contributed by atoms with Crippen LogP contribution in [0.15, 0.2) is 18.2 Å². The second-order valence-corrected chi connectivity index (χ2v) is 3.14. The molecule has 0 saturated heterocycles. The molecule has 6 heteroatoms. The van der Waals surface area contributed by atoms with Crippen LogP contribution in [0, 0.1) is 0 Å². The first kappa shape index (κ1) is 7.93. The number of hydrogen-bond acceptors (Lipinski definition) is 4. The Balaban J connectivity index is 2.54. The van der Waals surface area contributed by atoms with E-state index < -0.39 is 6.09 Å². The molecular formula is C7H5N3O2S. The fourth-order valence-corrected chi connectivity index (χ4v) is 1.61. The summed E-state index contributed by atoms with van der Waals surface area (Å²) < 4.78 is 4.59. The van der Waals surface area contributed by atoms with Gasteiger partial charge in [0.1, 0.15) is 5.52 Å². The van der Waals surface area contributed by atoms with Crippen molar-refractivity contribution in [3.63, 3.8) is 0 Å². The van der Waals surface area contributed by atoms with Gasteiger partial charge in [0, 0.05) is 0 Å². The minimum Gasteiger partial charge on any atom is -0.465 e. The fraction of sp³-hybridized carbons (Fsp3) is 0. The van der Waals surface area contributed by atoms with Gasteiger partial charge in [0.25, 0.3) is 0 Å². The molecule has 66 valence electrons. The molecule has 0 aliphatic rings. The Morgan fingerprint density at radius 3 is 3.15 bits per heavy atom. The van der Waals surface area contributed by atoms with Crippen molar-refractivity contribution in [1.82, 2.24) is 9.59 Å². The molecule has 0 spiro atoms. The van der Waals surface area contributed by atoms with Crippen LogP contribution in [-0.2, 0) is 0 Å². The van der Waals surface area contributed by atoms with Gasteiger partial charge in [-0.05, 0) is 23.7 Å². The van der Waals surface area contributed by atoms with Gasteiger partial charge in [0.15, 0.2) is 0 Å². The number of rotatable bonds is 1. The lowest BCUT2D eigenvalue weighted by Gasteiger charge is -1.98. The molecule has 0 aliphatic heterocycles. The Kier molecular flexibility index (Phi) is 1.82. The maximum atomic E-state index is 10.4. The van der Waals surface area contributed by atoms with Crippen LogP contribution < -0.4 is 5.32 Å². The highest BCUT2D eigenvalue weighted by atomic mass is 32.1. The number of anilines is 1. The molecule has 1 heterocycles. The van der Waals surface area contributed by atoms with Gasteiger partial charge < -0.3 is 5.11 Å². The van der Waals surface area contributed by atoms with E-state index in [4.69, 9.17) is 5.11 Å². The van der Waals surface area contributed by atoms with Crippen molar-refractivity contribution in [2.45, 2.75) is 0 Å². The van der Waals surface area contributed by atoms with Gasteiger partial charge in [0.2, 0.25) is 0 Å². The highest BCUT2D eigenvalue weighted by molar-refractivity contribution is 7.13. The zero-order chi connectivity index (χ0) is 9.26. The Morgan fingerprint density at radius 2 is 2.38 bits per heavy atom. The summed E-state index contributed by atoms with van der Waals surface area (Å²) in [5.74, 6) is 0. The lowest BCUT2D eigenvalue weighted by Crippen LogP contribution is -2.07. The van der Waals surface area contributed by atoms with E-state index in [1.165, 1.54) is 11.5 Å². The predicted molar refractivity (Wildman–Crippen MR) is 49.1 cm³/mol. The molecule has 5 nitrogen and oxygen atoms in total. The summed E-state index contributed by atoms with van der Waals surface area (Å²) in [6.45, 7) is 0. The molecule has 2 rings (SSSR count). The monoisotopic (exact) mass is 195 g/mol. The van der Waals surface area contributed by atoms with Crippen LogP contribution in [0.5, 0.6) is 0 Å². The molecule has 1 aromatic carbocycles. The Bertz CT molecular complexity index is 454. The standard InChI is InChI=1S/C7H5N3O2S/c11-7(12)8-4-2-1-3-5-6(4)9-10-13-5/h1-3,8H,(H,11,12). The zero-order valence-corrected chi connectivity index (χ0v) is 7.21. The second-order valence-electron chi connectivity index (χ2n) is 2.36. The highest BCUT2D eigenvalue weighted by Gasteiger charge is 2.05. The Hall–Kier alpha value is -1.69. The van der Waals surface area contributed by atoms with Crippen molar-refractivity contribution in [1.29, 1.82) is 0 Å².